The Balaban J connectivity index is 0.985. The Hall–Kier alpha value is -6.59. The summed E-state index contributed by atoms with van der Waals surface area (Å²) in [5.74, 6) is -2.82. The number of unbranched alkanes of at least 4 members (excludes halogenated alkanes) is 2. The van der Waals surface area contributed by atoms with Crippen molar-refractivity contribution in [2.45, 2.75) is 164 Å². The first-order chi connectivity index (χ1) is 38.5. The van der Waals surface area contributed by atoms with E-state index in [0.717, 1.165) is 40.2 Å². The number of likely N-dealkylation sites (tertiary alicyclic amines) is 1. The van der Waals surface area contributed by atoms with Crippen LogP contribution in [0.15, 0.2) is 72.2 Å². The second kappa shape index (κ2) is 27.7. The molecular formula is C62H84ClN9O9S. The monoisotopic (exact) mass is 1170 g/mol. The number of nitrogens with one attached hydrogen (secondary N) is 5. The Morgan fingerprint density at radius 2 is 1.56 bits per heavy atom. The predicted octanol–water partition coefficient (Wildman–Crippen LogP) is 8.90. The van der Waals surface area contributed by atoms with E-state index >= 15 is 0 Å². The fourth-order valence-electron chi connectivity index (χ4n) is 11.0. The van der Waals surface area contributed by atoms with Gasteiger partial charge in [-0.25, -0.2) is 9.78 Å². The highest BCUT2D eigenvalue weighted by atomic mass is 35.5. The molecule has 2 fully saturated rings. The van der Waals surface area contributed by atoms with Crippen LogP contribution in [0.25, 0.3) is 10.4 Å². The van der Waals surface area contributed by atoms with Crippen LogP contribution in [-0.2, 0) is 33.4 Å². The standard InChI is InChI=1S/C62H84ClN9O9S/c1-35(2)49(65)55(76)70-50(36(3)4)57(78)80-45-30-47(54(75)68-37(5)39-17-19-40(20-18-39)51-38(6)67-34-82-51)72(32-45)56(77)52(60(7,8)9)69-48(73)33-79-28-16-14-15-27-66-43-24-21-41(22-25-43)53(74)71-58-61(10,11)59(62(58,12)13)81-44-26-23-42(31-64)46(63)29-44/h17-26,29,34-37,45,47,49-50,52,58-59,66H,14-16,27-28,30,32-33,65H2,1-13H3,(H,68,75)(H,69,73)(H,70,76)(H,71,74)/t37-,45+,47-,49-,50-,52+,58?,59?/m0/s1. The molecule has 0 radical (unpaired) electrons. The van der Waals surface area contributed by atoms with Gasteiger partial charge < -0.3 is 51.4 Å². The summed E-state index contributed by atoms with van der Waals surface area (Å²) in [5.41, 5.74) is 10.8. The number of aryl methyl sites for hydroxylation is 1. The van der Waals surface area contributed by atoms with E-state index in [-0.39, 0.29) is 49.5 Å². The molecule has 20 heteroatoms. The van der Waals surface area contributed by atoms with Crippen molar-refractivity contribution in [1.29, 1.82) is 5.26 Å². The summed E-state index contributed by atoms with van der Waals surface area (Å²) in [4.78, 5) is 89.7. The number of hydrogen-bond acceptors (Lipinski definition) is 14. The van der Waals surface area contributed by atoms with E-state index in [2.05, 4.69) is 65.3 Å². The van der Waals surface area contributed by atoms with Crippen molar-refractivity contribution >= 4 is 64.1 Å². The van der Waals surface area contributed by atoms with Crippen LogP contribution in [0, 0.1) is 46.3 Å². The summed E-state index contributed by atoms with van der Waals surface area (Å²) < 4.78 is 18.2. The first-order valence-corrected chi connectivity index (χ1v) is 29.6. The summed E-state index contributed by atoms with van der Waals surface area (Å²) in [7, 11) is 0. The number of ether oxygens (including phenoxy) is 3. The van der Waals surface area contributed by atoms with Gasteiger partial charge in [0, 0.05) is 53.8 Å². The number of nitriles is 1. The lowest BCUT2D eigenvalue weighted by molar-refractivity contribution is -0.164. The Kier molecular flexibility index (Phi) is 21.8. The topological polar surface area (TPSA) is 256 Å². The third-order valence-electron chi connectivity index (χ3n) is 15.7. The number of amides is 5. The minimum Gasteiger partial charge on any atom is -0.489 e. The van der Waals surface area contributed by atoms with Gasteiger partial charge in [0.15, 0.2) is 0 Å². The van der Waals surface area contributed by atoms with Gasteiger partial charge in [0.2, 0.25) is 23.6 Å². The van der Waals surface area contributed by atoms with Crippen molar-refractivity contribution in [3.05, 3.63) is 99.6 Å². The number of rotatable bonds is 25. The number of benzene rings is 3. The molecule has 444 valence electrons. The number of carbonyl (C=O) groups excluding carboxylic acids is 6. The highest BCUT2D eigenvalue weighted by Gasteiger charge is 2.64. The fraction of sp³-hybridized carbons (Fsp3) is 0.548. The van der Waals surface area contributed by atoms with Crippen LogP contribution in [0.4, 0.5) is 5.69 Å². The van der Waals surface area contributed by atoms with Crippen molar-refractivity contribution < 1.29 is 43.0 Å². The number of anilines is 1. The van der Waals surface area contributed by atoms with Crippen LogP contribution in [0.3, 0.4) is 0 Å². The van der Waals surface area contributed by atoms with Gasteiger partial charge in [-0.2, -0.15) is 5.26 Å². The molecule has 3 aromatic carbocycles. The van der Waals surface area contributed by atoms with E-state index in [1.807, 2.05) is 84.9 Å². The largest absolute Gasteiger partial charge is 0.489 e. The minimum atomic E-state index is -1.08. The van der Waals surface area contributed by atoms with Crippen molar-refractivity contribution in [1.82, 2.24) is 31.2 Å². The van der Waals surface area contributed by atoms with Crippen molar-refractivity contribution in [2.75, 3.05) is 31.6 Å². The Bertz CT molecular complexity index is 2920. The van der Waals surface area contributed by atoms with E-state index < -0.39 is 82.2 Å². The minimum absolute atomic E-state index is 0.0183. The quantitative estimate of drug-likeness (QED) is 0.0268. The van der Waals surface area contributed by atoms with E-state index in [9.17, 15) is 34.0 Å². The molecule has 4 aromatic rings. The van der Waals surface area contributed by atoms with Gasteiger partial charge in [0.25, 0.3) is 5.91 Å². The molecule has 0 unspecified atom stereocenters. The zero-order chi connectivity index (χ0) is 60.4. The molecule has 1 saturated carbocycles. The van der Waals surface area contributed by atoms with E-state index in [1.165, 1.54) is 4.90 Å². The normalized spacial score (nSPS) is 19.6. The summed E-state index contributed by atoms with van der Waals surface area (Å²) in [6.45, 7) is 25.2. The van der Waals surface area contributed by atoms with E-state index in [1.54, 1.807) is 61.0 Å². The van der Waals surface area contributed by atoms with Gasteiger partial charge in [0.05, 0.1) is 45.3 Å². The van der Waals surface area contributed by atoms with Gasteiger partial charge in [0.1, 0.15) is 48.8 Å². The molecule has 82 heavy (non-hydrogen) atoms. The maximum absolute atomic E-state index is 14.8. The van der Waals surface area contributed by atoms with Crippen LogP contribution in [0.5, 0.6) is 5.75 Å². The average Bonchev–Trinajstić information content (AvgIpc) is 1.20. The number of aromatic nitrogens is 1. The molecule has 7 N–H and O–H groups in total. The number of carbonyl (C=O) groups is 6. The molecule has 5 amide bonds. The molecule has 18 nitrogen and oxygen atoms in total. The Labute approximate surface area is 492 Å². The highest BCUT2D eigenvalue weighted by molar-refractivity contribution is 7.13. The Morgan fingerprint density at radius 1 is 0.890 bits per heavy atom. The maximum atomic E-state index is 14.8. The molecule has 0 spiro atoms. The van der Waals surface area contributed by atoms with Crippen LogP contribution in [-0.4, -0.2) is 114 Å². The van der Waals surface area contributed by atoms with Crippen LogP contribution >= 0.6 is 22.9 Å². The SMILES string of the molecule is Cc1ncsc1-c1ccc([C@H](C)NC(=O)[C@@H]2C[C@@H](OC(=O)[C@@H](NC(=O)[C@@H](N)C(C)C)C(C)C)CN2C(=O)[C@@H](NC(=O)COCCCCCNc2ccc(C(=O)NC3C(C)(C)C(Oc4ccc(C#N)c(Cl)c4)C3(C)C)cc2)C(C)(C)C)cc1. The molecule has 6 rings (SSSR count). The zero-order valence-electron chi connectivity index (χ0n) is 49.7. The fourth-order valence-corrected chi connectivity index (χ4v) is 12.1. The average molecular weight is 1170 g/mol. The van der Waals surface area contributed by atoms with Gasteiger partial charge in [-0.3, -0.25) is 24.0 Å². The summed E-state index contributed by atoms with van der Waals surface area (Å²) in [5, 5.41) is 24.9. The smallest absolute Gasteiger partial charge is 0.329 e. The molecule has 2 aliphatic rings. The van der Waals surface area contributed by atoms with Gasteiger partial charge in [-0.05, 0) is 97.9 Å². The molecule has 1 aliphatic heterocycles. The first kappa shape index (κ1) is 64.6. The number of thiazole rings is 1. The van der Waals surface area contributed by atoms with E-state index in [0.29, 0.717) is 41.5 Å². The molecule has 1 aliphatic carbocycles. The lowest BCUT2D eigenvalue weighted by atomic mass is 9.49. The van der Waals surface area contributed by atoms with Gasteiger partial charge >= 0.3 is 5.97 Å². The molecule has 1 saturated heterocycles. The highest BCUT2D eigenvalue weighted by Crippen LogP contribution is 2.55. The number of halogens is 1. The second-order valence-corrected chi connectivity index (χ2v) is 26.0. The second-order valence-electron chi connectivity index (χ2n) is 24.7. The maximum Gasteiger partial charge on any atom is 0.329 e. The van der Waals surface area contributed by atoms with E-state index in [4.69, 9.17) is 31.5 Å². The van der Waals surface area contributed by atoms with Crippen molar-refractivity contribution in [3.63, 3.8) is 0 Å². The van der Waals surface area contributed by atoms with Crippen LogP contribution in [0.2, 0.25) is 5.02 Å². The molecule has 6 atom stereocenters. The van der Waals surface area contributed by atoms with Gasteiger partial charge in [-0.15, -0.1) is 11.3 Å². The summed E-state index contributed by atoms with van der Waals surface area (Å²) in [6.07, 6.45) is 1.16. The van der Waals surface area contributed by atoms with Crippen LogP contribution in [0.1, 0.15) is 142 Å². The number of nitrogens with zero attached hydrogens (tertiary/aromatic N) is 3. The first-order valence-electron chi connectivity index (χ1n) is 28.3. The predicted molar refractivity (Wildman–Crippen MR) is 319 cm³/mol. The molecule has 1 aromatic heterocycles. The lowest BCUT2D eigenvalue weighted by Crippen LogP contribution is -2.74. The number of hydrogen-bond donors (Lipinski definition) is 6. The third-order valence-corrected chi connectivity index (χ3v) is 17.0. The van der Waals surface area contributed by atoms with Crippen molar-refractivity contribution in [3.8, 4) is 22.3 Å². The zero-order valence-corrected chi connectivity index (χ0v) is 51.3. The molecule has 0 bridgehead atoms. The van der Waals surface area contributed by atoms with Gasteiger partial charge in [-0.1, -0.05) is 112 Å². The summed E-state index contributed by atoms with van der Waals surface area (Å²) in [6, 6.07) is 17.6. The lowest BCUT2D eigenvalue weighted by Gasteiger charge is -2.63. The number of nitrogens with two attached hydrogens (primary N) is 1. The number of esters is 1. The molecular weight excluding hydrogens is 1080 g/mol. The molecule has 2 heterocycles. The third kappa shape index (κ3) is 15.9. The summed E-state index contributed by atoms with van der Waals surface area (Å²) >= 11 is 7.81. The Morgan fingerprint density at radius 3 is 2.15 bits per heavy atom. The van der Waals surface area contributed by atoms with Crippen molar-refractivity contribution in [2.24, 2.45) is 33.8 Å². The van der Waals surface area contributed by atoms with Crippen LogP contribution < -0.4 is 37.1 Å².